The van der Waals surface area contributed by atoms with Gasteiger partial charge in [-0.05, 0) is 35.9 Å². The molecule has 1 amide bonds. The quantitative estimate of drug-likeness (QED) is 0.663. The first-order valence-electron chi connectivity index (χ1n) is 8.33. The van der Waals surface area contributed by atoms with Gasteiger partial charge >= 0.3 is 0 Å². The molecule has 26 heavy (non-hydrogen) atoms. The topological polar surface area (TPSA) is 60.5 Å². The molecular weight excluding hydrogens is 328 g/mol. The van der Waals surface area contributed by atoms with Gasteiger partial charge in [0.15, 0.2) is 0 Å². The van der Waals surface area contributed by atoms with Crippen molar-refractivity contribution in [2.45, 2.75) is 0 Å². The van der Waals surface area contributed by atoms with Gasteiger partial charge in [0.25, 0.3) is 5.91 Å². The van der Waals surface area contributed by atoms with Crippen LogP contribution in [0.15, 0.2) is 72.9 Å². The normalized spacial score (nSPS) is 10.2. The fourth-order valence-electron chi connectivity index (χ4n) is 2.46. The maximum Gasteiger partial charge on any atom is 0.251 e. The predicted octanol–water partition coefficient (Wildman–Crippen LogP) is 3.57. The molecule has 132 valence electrons. The number of methoxy groups -OCH3 is 1. The van der Waals surface area contributed by atoms with Gasteiger partial charge in [0, 0.05) is 23.4 Å². The van der Waals surface area contributed by atoms with Gasteiger partial charge in [-0.2, -0.15) is 0 Å². The minimum atomic E-state index is -0.134. The summed E-state index contributed by atoms with van der Waals surface area (Å²) in [7, 11) is 1.58. The second-order valence-electron chi connectivity index (χ2n) is 5.59. The van der Waals surface area contributed by atoms with E-state index in [2.05, 4.69) is 10.3 Å². The fourth-order valence-corrected chi connectivity index (χ4v) is 2.46. The number of ether oxygens (including phenoxy) is 2. The van der Waals surface area contributed by atoms with Crippen molar-refractivity contribution in [3.63, 3.8) is 0 Å². The maximum atomic E-state index is 12.3. The zero-order chi connectivity index (χ0) is 18.2. The fraction of sp³-hybridized carbons (Fsp3) is 0.143. The van der Waals surface area contributed by atoms with Gasteiger partial charge in [-0.25, -0.2) is 4.98 Å². The molecule has 0 radical (unpaired) electrons. The average molecular weight is 348 g/mol. The number of pyridine rings is 1. The number of carbonyl (C=O) groups excluding carboxylic acids is 1. The summed E-state index contributed by atoms with van der Waals surface area (Å²) in [4.78, 5) is 16.5. The van der Waals surface area contributed by atoms with E-state index in [-0.39, 0.29) is 5.91 Å². The maximum absolute atomic E-state index is 12.3. The monoisotopic (exact) mass is 348 g/mol. The number of nitrogens with zero attached hydrogens (tertiary/aromatic N) is 1. The van der Waals surface area contributed by atoms with Crippen LogP contribution in [0.4, 0.5) is 0 Å². The van der Waals surface area contributed by atoms with Crippen molar-refractivity contribution >= 4 is 5.91 Å². The molecule has 2 aromatic carbocycles. The SMILES string of the molecule is COc1ccc(-c2cccc(C(=O)NCCOc3ccccc3)c2)cn1. The molecule has 0 spiro atoms. The number of amides is 1. The van der Waals surface area contributed by atoms with Gasteiger partial charge in [0.2, 0.25) is 5.88 Å². The Morgan fingerprint density at radius 1 is 1.00 bits per heavy atom. The second-order valence-corrected chi connectivity index (χ2v) is 5.59. The van der Waals surface area contributed by atoms with Crippen molar-refractivity contribution in [1.82, 2.24) is 10.3 Å². The first-order chi connectivity index (χ1) is 12.8. The number of para-hydroxylation sites is 1. The Bertz CT molecular complexity index is 849. The molecule has 3 rings (SSSR count). The van der Waals surface area contributed by atoms with Crippen molar-refractivity contribution in [2.75, 3.05) is 20.3 Å². The summed E-state index contributed by atoms with van der Waals surface area (Å²) < 4.78 is 10.6. The Balaban J connectivity index is 1.57. The minimum Gasteiger partial charge on any atom is -0.492 e. The number of benzene rings is 2. The largest absolute Gasteiger partial charge is 0.492 e. The van der Waals surface area contributed by atoms with E-state index >= 15 is 0 Å². The van der Waals surface area contributed by atoms with E-state index < -0.39 is 0 Å². The van der Waals surface area contributed by atoms with E-state index in [1.54, 1.807) is 25.4 Å². The summed E-state index contributed by atoms with van der Waals surface area (Å²) in [6.45, 7) is 0.847. The van der Waals surface area contributed by atoms with Crippen LogP contribution < -0.4 is 14.8 Å². The van der Waals surface area contributed by atoms with E-state index in [1.807, 2.05) is 54.6 Å². The molecule has 3 aromatic rings. The third-order valence-electron chi connectivity index (χ3n) is 3.80. The molecule has 0 aliphatic rings. The average Bonchev–Trinajstić information content (AvgIpc) is 2.72. The summed E-state index contributed by atoms with van der Waals surface area (Å²) in [5, 5.41) is 2.87. The van der Waals surface area contributed by atoms with Crippen LogP contribution in [0.25, 0.3) is 11.1 Å². The van der Waals surface area contributed by atoms with Crippen molar-refractivity contribution in [3.8, 4) is 22.8 Å². The van der Waals surface area contributed by atoms with Crippen molar-refractivity contribution in [3.05, 3.63) is 78.5 Å². The van der Waals surface area contributed by atoms with Gasteiger partial charge in [-0.3, -0.25) is 4.79 Å². The molecule has 1 N–H and O–H groups in total. The molecule has 0 saturated heterocycles. The van der Waals surface area contributed by atoms with Gasteiger partial charge < -0.3 is 14.8 Å². The molecule has 5 nitrogen and oxygen atoms in total. The third-order valence-corrected chi connectivity index (χ3v) is 3.80. The number of aromatic nitrogens is 1. The number of carbonyl (C=O) groups is 1. The van der Waals surface area contributed by atoms with Gasteiger partial charge in [0.05, 0.1) is 13.7 Å². The van der Waals surface area contributed by atoms with Gasteiger partial charge in [-0.1, -0.05) is 30.3 Å². The van der Waals surface area contributed by atoms with Crippen LogP contribution in [0.1, 0.15) is 10.4 Å². The molecule has 0 aliphatic carbocycles. The first-order valence-corrected chi connectivity index (χ1v) is 8.33. The highest BCUT2D eigenvalue weighted by molar-refractivity contribution is 5.95. The number of nitrogens with one attached hydrogen (secondary N) is 1. The first kappa shape index (κ1) is 17.5. The lowest BCUT2D eigenvalue weighted by molar-refractivity contribution is 0.0947. The molecule has 0 fully saturated rings. The van der Waals surface area contributed by atoms with Crippen molar-refractivity contribution < 1.29 is 14.3 Å². The summed E-state index contributed by atoms with van der Waals surface area (Å²) in [5.41, 5.74) is 2.44. The highest BCUT2D eigenvalue weighted by Crippen LogP contribution is 2.21. The molecule has 0 unspecified atom stereocenters. The Kier molecular flexibility index (Phi) is 5.83. The lowest BCUT2D eigenvalue weighted by Gasteiger charge is -2.09. The third kappa shape index (κ3) is 4.60. The second kappa shape index (κ2) is 8.67. The molecule has 0 atom stereocenters. The Labute approximate surface area is 152 Å². The van der Waals surface area contributed by atoms with Crippen LogP contribution in [-0.4, -0.2) is 31.2 Å². The van der Waals surface area contributed by atoms with Crippen LogP contribution in [0.5, 0.6) is 11.6 Å². The molecule has 1 aromatic heterocycles. The Morgan fingerprint density at radius 3 is 2.58 bits per heavy atom. The number of hydrogen-bond acceptors (Lipinski definition) is 4. The zero-order valence-electron chi connectivity index (χ0n) is 14.5. The lowest BCUT2D eigenvalue weighted by atomic mass is 10.0. The minimum absolute atomic E-state index is 0.134. The molecular formula is C21H20N2O3. The van der Waals surface area contributed by atoms with Crippen LogP contribution in [0.2, 0.25) is 0 Å². The van der Waals surface area contributed by atoms with Crippen molar-refractivity contribution in [1.29, 1.82) is 0 Å². The van der Waals surface area contributed by atoms with Gasteiger partial charge in [-0.15, -0.1) is 0 Å². The Morgan fingerprint density at radius 2 is 1.85 bits per heavy atom. The van der Waals surface area contributed by atoms with Gasteiger partial charge in [0.1, 0.15) is 12.4 Å². The molecule has 5 heteroatoms. The summed E-state index contributed by atoms with van der Waals surface area (Å²) in [6.07, 6.45) is 1.73. The number of hydrogen-bond donors (Lipinski definition) is 1. The van der Waals surface area contributed by atoms with Crippen LogP contribution in [0.3, 0.4) is 0 Å². The highest BCUT2D eigenvalue weighted by Gasteiger charge is 2.07. The summed E-state index contributed by atoms with van der Waals surface area (Å²) in [5.74, 6) is 1.21. The smallest absolute Gasteiger partial charge is 0.251 e. The van der Waals surface area contributed by atoms with E-state index in [0.29, 0.717) is 24.6 Å². The predicted molar refractivity (Wildman–Crippen MR) is 100 cm³/mol. The van der Waals surface area contributed by atoms with Crippen LogP contribution in [-0.2, 0) is 0 Å². The highest BCUT2D eigenvalue weighted by atomic mass is 16.5. The number of rotatable bonds is 7. The van der Waals surface area contributed by atoms with E-state index in [0.717, 1.165) is 16.9 Å². The van der Waals surface area contributed by atoms with E-state index in [1.165, 1.54) is 0 Å². The van der Waals surface area contributed by atoms with E-state index in [9.17, 15) is 4.79 Å². The standard InChI is InChI=1S/C21H20N2O3/c1-25-20-11-10-18(15-23-20)16-6-5-7-17(14-16)21(24)22-12-13-26-19-8-3-2-4-9-19/h2-11,14-15H,12-13H2,1H3,(H,22,24). The lowest BCUT2D eigenvalue weighted by Crippen LogP contribution is -2.28. The van der Waals surface area contributed by atoms with Crippen molar-refractivity contribution in [2.24, 2.45) is 0 Å². The van der Waals surface area contributed by atoms with Crippen LogP contribution >= 0.6 is 0 Å². The summed E-state index contributed by atoms with van der Waals surface area (Å²) in [6, 6.07) is 20.7. The van der Waals surface area contributed by atoms with E-state index in [4.69, 9.17) is 9.47 Å². The molecule has 1 heterocycles. The van der Waals surface area contributed by atoms with Crippen LogP contribution in [0, 0.1) is 0 Å². The summed E-state index contributed by atoms with van der Waals surface area (Å²) >= 11 is 0. The zero-order valence-corrected chi connectivity index (χ0v) is 14.5. The Hall–Kier alpha value is -3.34. The molecule has 0 saturated carbocycles. The molecule has 0 bridgehead atoms. The molecule has 0 aliphatic heterocycles.